The van der Waals surface area contributed by atoms with E-state index in [4.69, 9.17) is 4.74 Å². The lowest BCUT2D eigenvalue weighted by molar-refractivity contribution is -0.152. The van der Waals surface area contributed by atoms with Crippen molar-refractivity contribution < 1.29 is 31.5 Å². The summed E-state index contributed by atoms with van der Waals surface area (Å²) in [6, 6.07) is 6.56. The fourth-order valence-electron chi connectivity index (χ4n) is 6.41. The van der Waals surface area contributed by atoms with Gasteiger partial charge >= 0.3 is 11.7 Å². The third-order valence-electron chi connectivity index (χ3n) is 9.43. The van der Waals surface area contributed by atoms with Gasteiger partial charge in [-0.25, -0.2) is 37.9 Å². The first-order valence-electron chi connectivity index (χ1n) is 17.7. The molecule has 0 saturated heterocycles. The molecule has 0 unspecified atom stereocenters. The molecule has 16 nitrogen and oxygen atoms in total. The third kappa shape index (κ3) is 8.27. The summed E-state index contributed by atoms with van der Waals surface area (Å²) in [5.74, 6) is -4.60. The first kappa shape index (κ1) is 38.5. The second-order valence-electron chi connectivity index (χ2n) is 13.2. The average molecular weight is 798 g/mol. The molecule has 19 heteroatoms. The van der Waals surface area contributed by atoms with Gasteiger partial charge in [0.25, 0.3) is 21.5 Å². The van der Waals surface area contributed by atoms with E-state index in [2.05, 4.69) is 30.2 Å². The molecule has 57 heavy (non-hydrogen) atoms. The Hall–Kier alpha value is -6.76. The minimum Gasteiger partial charge on any atom is -0.461 e. The van der Waals surface area contributed by atoms with Crippen LogP contribution in [0.15, 0.2) is 101 Å². The summed E-state index contributed by atoms with van der Waals surface area (Å²) in [4.78, 5) is 73.4. The summed E-state index contributed by atoms with van der Waals surface area (Å²) >= 11 is 0. The van der Waals surface area contributed by atoms with E-state index in [1.165, 1.54) is 79.4 Å². The standard InChI is InChI=1S/C38H33F2N9O7S/c1-48-33-20-41-12-11-27(33)36(51)49(38(48)53)25-9-8-24(44-19-25)13-32(37(52)56-26-5-3-2-4-6-26)46-35(50)28-14-30(40)31(15-29(28)39)47-57(54,55)34-10-7-22(18-45-34)23-16-42-21-43-17-23/h7-12,14-21,26,32,47H,2-6,13H2,1H3,(H,46,50)/t32-/m0/s1. The number of pyridine rings is 3. The molecule has 7 rings (SSSR count). The van der Waals surface area contributed by atoms with Crippen molar-refractivity contribution in [3.05, 3.63) is 130 Å². The van der Waals surface area contributed by atoms with Gasteiger partial charge in [0.1, 0.15) is 30.1 Å². The lowest BCUT2D eigenvalue weighted by Crippen LogP contribution is -2.45. The van der Waals surface area contributed by atoms with Crippen molar-refractivity contribution in [1.29, 1.82) is 0 Å². The van der Waals surface area contributed by atoms with Crippen LogP contribution in [-0.4, -0.2) is 66.5 Å². The van der Waals surface area contributed by atoms with Crippen LogP contribution in [-0.2, 0) is 33.0 Å². The van der Waals surface area contributed by atoms with Gasteiger partial charge in [0.05, 0.1) is 40.2 Å². The SMILES string of the molecule is Cn1c(=O)n(-c2ccc(C[C@H](NC(=O)c3cc(F)c(NS(=O)(=O)c4ccc(-c5cncnc5)cn4)cc3F)C(=O)OC3CCCCC3)nc2)c(=O)c2ccncc21. The molecule has 6 aromatic rings. The molecule has 0 spiro atoms. The van der Waals surface area contributed by atoms with Crippen LogP contribution in [0.4, 0.5) is 14.5 Å². The molecule has 0 aliphatic heterocycles. The molecule has 5 heterocycles. The first-order valence-corrected chi connectivity index (χ1v) is 19.1. The van der Waals surface area contributed by atoms with Crippen molar-refractivity contribution in [3.63, 3.8) is 0 Å². The lowest BCUT2D eigenvalue weighted by Gasteiger charge is -2.25. The monoisotopic (exact) mass is 797 g/mol. The van der Waals surface area contributed by atoms with Crippen molar-refractivity contribution in [2.75, 3.05) is 4.72 Å². The first-order chi connectivity index (χ1) is 27.4. The molecule has 0 radical (unpaired) electrons. The van der Waals surface area contributed by atoms with E-state index in [0.29, 0.717) is 41.6 Å². The Labute approximate surface area is 322 Å². The maximum atomic E-state index is 15.5. The number of aryl methyl sites for hydroxylation is 1. The molecule has 292 valence electrons. The summed E-state index contributed by atoms with van der Waals surface area (Å²) in [5.41, 5.74) is -1.05. The second kappa shape index (κ2) is 16.1. The number of benzene rings is 1. The van der Waals surface area contributed by atoms with E-state index in [1.807, 2.05) is 4.72 Å². The summed E-state index contributed by atoms with van der Waals surface area (Å²) in [6.45, 7) is 0. The Morgan fingerprint density at radius 2 is 1.67 bits per heavy atom. The number of carbonyl (C=O) groups is 2. The number of esters is 1. The molecule has 1 aromatic carbocycles. The second-order valence-corrected chi connectivity index (χ2v) is 14.9. The van der Waals surface area contributed by atoms with Crippen LogP contribution in [0.1, 0.15) is 48.2 Å². The number of nitrogens with one attached hydrogen (secondary N) is 2. The van der Waals surface area contributed by atoms with E-state index in [-0.39, 0.29) is 23.2 Å². The van der Waals surface area contributed by atoms with E-state index in [0.717, 1.165) is 29.9 Å². The number of carbonyl (C=O) groups excluding carboxylic acids is 2. The lowest BCUT2D eigenvalue weighted by atomic mass is 9.97. The van der Waals surface area contributed by atoms with Gasteiger partial charge in [0.2, 0.25) is 0 Å². The van der Waals surface area contributed by atoms with Crippen molar-refractivity contribution in [2.45, 2.75) is 55.7 Å². The van der Waals surface area contributed by atoms with Gasteiger partial charge in [-0.15, -0.1) is 0 Å². The van der Waals surface area contributed by atoms with Gasteiger partial charge in [0, 0.05) is 61.1 Å². The van der Waals surface area contributed by atoms with Crippen LogP contribution in [0.5, 0.6) is 0 Å². The van der Waals surface area contributed by atoms with Gasteiger partial charge in [-0.3, -0.25) is 28.8 Å². The third-order valence-corrected chi connectivity index (χ3v) is 10.7. The number of amides is 1. The number of rotatable bonds is 11. The van der Waals surface area contributed by atoms with E-state index < -0.39 is 73.2 Å². The van der Waals surface area contributed by atoms with Crippen molar-refractivity contribution >= 4 is 38.5 Å². The highest BCUT2D eigenvalue weighted by molar-refractivity contribution is 7.92. The number of fused-ring (bicyclic) bond motifs is 1. The van der Waals surface area contributed by atoms with E-state index in [1.54, 1.807) is 0 Å². The summed E-state index contributed by atoms with van der Waals surface area (Å²) in [5, 5.41) is 2.17. The summed E-state index contributed by atoms with van der Waals surface area (Å²) < 4.78 is 66.8. The number of halogens is 2. The predicted molar refractivity (Wildman–Crippen MR) is 201 cm³/mol. The zero-order valence-corrected chi connectivity index (χ0v) is 30.9. The zero-order valence-electron chi connectivity index (χ0n) is 30.1. The number of aromatic nitrogens is 7. The fourth-order valence-corrected chi connectivity index (χ4v) is 7.40. The van der Waals surface area contributed by atoms with Crippen LogP contribution in [0, 0.1) is 11.6 Å². The molecule has 0 bridgehead atoms. The number of hydrogen-bond donors (Lipinski definition) is 2. The molecule has 1 amide bonds. The smallest absolute Gasteiger partial charge is 0.335 e. The number of hydrogen-bond acceptors (Lipinski definition) is 12. The molecule has 1 atom stereocenters. The summed E-state index contributed by atoms with van der Waals surface area (Å²) in [6.07, 6.45) is 12.9. The number of anilines is 1. The zero-order chi connectivity index (χ0) is 40.3. The normalized spacial score (nSPS) is 13.9. The average Bonchev–Trinajstić information content (AvgIpc) is 3.22. The molecule has 2 N–H and O–H groups in total. The van der Waals surface area contributed by atoms with Crippen LogP contribution >= 0.6 is 0 Å². The Morgan fingerprint density at radius 1 is 0.895 bits per heavy atom. The van der Waals surface area contributed by atoms with E-state index >= 15 is 8.78 Å². The largest absolute Gasteiger partial charge is 0.461 e. The Balaban J connectivity index is 1.11. The highest BCUT2D eigenvalue weighted by Crippen LogP contribution is 2.25. The van der Waals surface area contributed by atoms with Gasteiger partial charge in [-0.1, -0.05) is 6.42 Å². The molecular formula is C38H33F2N9O7S. The van der Waals surface area contributed by atoms with Gasteiger partial charge in [0.15, 0.2) is 5.03 Å². The van der Waals surface area contributed by atoms with Crippen molar-refractivity contribution in [3.8, 4) is 16.8 Å². The molecule has 1 aliphatic carbocycles. The van der Waals surface area contributed by atoms with Crippen LogP contribution in [0.3, 0.4) is 0 Å². The highest BCUT2D eigenvalue weighted by Gasteiger charge is 2.29. The number of sulfonamides is 1. The van der Waals surface area contributed by atoms with Crippen molar-refractivity contribution in [2.24, 2.45) is 7.05 Å². The van der Waals surface area contributed by atoms with Gasteiger partial charge < -0.3 is 10.1 Å². The number of ether oxygens (including phenoxy) is 1. The maximum Gasteiger partial charge on any atom is 0.335 e. The van der Waals surface area contributed by atoms with E-state index in [9.17, 15) is 27.6 Å². The molecule has 1 saturated carbocycles. The molecule has 1 fully saturated rings. The Morgan fingerprint density at radius 3 is 2.37 bits per heavy atom. The fraction of sp³-hybridized carbons (Fsp3) is 0.237. The molecular weight excluding hydrogens is 765 g/mol. The van der Waals surface area contributed by atoms with Crippen LogP contribution < -0.4 is 21.3 Å². The number of nitrogens with zero attached hydrogens (tertiary/aromatic N) is 7. The minimum atomic E-state index is -4.51. The van der Waals surface area contributed by atoms with Crippen molar-refractivity contribution in [1.82, 2.24) is 39.4 Å². The summed E-state index contributed by atoms with van der Waals surface area (Å²) in [7, 11) is -3.01. The quantitative estimate of drug-likeness (QED) is 0.180. The predicted octanol–water partition coefficient (Wildman–Crippen LogP) is 3.63. The van der Waals surface area contributed by atoms with Crippen LogP contribution in [0.25, 0.3) is 27.7 Å². The minimum absolute atomic E-state index is 0.136. The molecule has 1 aliphatic rings. The Kier molecular flexibility index (Phi) is 10.9. The topological polar surface area (TPSA) is 210 Å². The van der Waals surface area contributed by atoms with Gasteiger partial charge in [-0.2, -0.15) is 8.42 Å². The highest BCUT2D eigenvalue weighted by atomic mass is 32.2. The Bertz CT molecular complexity index is 2710. The van der Waals surface area contributed by atoms with Crippen LogP contribution in [0.2, 0.25) is 0 Å². The maximum absolute atomic E-state index is 15.5. The molecule has 5 aromatic heterocycles. The van der Waals surface area contributed by atoms with Gasteiger partial charge in [-0.05, 0) is 62.1 Å².